The number of benzene rings is 1. The number of hydrogen-bond donors (Lipinski definition) is 2. The maximum atomic E-state index is 12.5. The van der Waals surface area contributed by atoms with Crippen molar-refractivity contribution in [1.29, 1.82) is 0 Å². The van der Waals surface area contributed by atoms with E-state index in [9.17, 15) is 13.2 Å². The Morgan fingerprint density at radius 3 is 2.64 bits per heavy atom. The fourth-order valence-electron chi connectivity index (χ4n) is 2.97. The summed E-state index contributed by atoms with van der Waals surface area (Å²) in [5.74, 6) is -0.879. The molecular formula is C16H23ClN2O5S. The van der Waals surface area contributed by atoms with Gasteiger partial charge in [-0.3, -0.25) is 9.69 Å². The molecule has 9 heteroatoms. The highest BCUT2D eigenvalue weighted by Gasteiger charge is 2.36. The van der Waals surface area contributed by atoms with E-state index in [0.29, 0.717) is 30.0 Å². The summed E-state index contributed by atoms with van der Waals surface area (Å²) < 4.78 is 32.8. The molecule has 0 radical (unpaired) electrons. The van der Waals surface area contributed by atoms with Crippen molar-refractivity contribution in [3.63, 3.8) is 0 Å². The van der Waals surface area contributed by atoms with Crippen molar-refractivity contribution in [2.24, 2.45) is 0 Å². The zero-order valence-corrected chi connectivity index (χ0v) is 15.8. The lowest BCUT2D eigenvalue weighted by Gasteiger charge is -2.42. The summed E-state index contributed by atoms with van der Waals surface area (Å²) in [6, 6.07) is 4.48. The Hall–Kier alpha value is -1.19. The first kappa shape index (κ1) is 20.1. The average Bonchev–Trinajstić information content (AvgIpc) is 2.48. The van der Waals surface area contributed by atoms with Crippen molar-refractivity contribution in [2.75, 3.05) is 20.2 Å². The van der Waals surface area contributed by atoms with Crippen LogP contribution in [0.25, 0.3) is 0 Å². The largest absolute Gasteiger partial charge is 0.480 e. The third kappa shape index (κ3) is 5.39. The zero-order chi connectivity index (χ0) is 18.6. The van der Waals surface area contributed by atoms with Crippen LogP contribution >= 0.6 is 11.6 Å². The highest BCUT2D eigenvalue weighted by molar-refractivity contribution is 7.89. The molecule has 0 atom stereocenters. The molecule has 0 saturated heterocycles. The predicted octanol–water partition coefficient (Wildman–Crippen LogP) is 1.70. The molecule has 1 aromatic rings. The summed E-state index contributed by atoms with van der Waals surface area (Å²) in [4.78, 5) is 12.8. The van der Waals surface area contributed by atoms with Gasteiger partial charge in [-0.05, 0) is 43.1 Å². The van der Waals surface area contributed by atoms with E-state index in [1.54, 1.807) is 6.07 Å². The second-order valence-corrected chi connectivity index (χ2v) is 8.28. The molecule has 0 aromatic heterocycles. The number of likely N-dealkylation sites (N-methyl/N-ethyl adjacent to an activating group) is 1. The SMILES string of the molecule is CCN(CC(=O)O)C1CC(NS(=O)(=O)c2cc(Cl)cc(COC)c2)C1. The number of ether oxygens (including phenoxy) is 1. The van der Waals surface area contributed by atoms with Gasteiger partial charge in [0, 0.05) is 24.2 Å². The Balaban J connectivity index is 2.00. The monoisotopic (exact) mass is 390 g/mol. The Bertz CT molecular complexity index is 719. The van der Waals surface area contributed by atoms with Crippen molar-refractivity contribution in [1.82, 2.24) is 9.62 Å². The first-order chi connectivity index (χ1) is 11.7. The minimum Gasteiger partial charge on any atom is -0.480 e. The number of methoxy groups -OCH3 is 1. The summed E-state index contributed by atoms with van der Waals surface area (Å²) in [5, 5.41) is 9.24. The van der Waals surface area contributed by atoms with Crippen LogP contribution in [-0.4, -0.2) is 56.7 Å². The van der Waals surface area contributed by atoms with E-state index < -0.39 is 16.0 Å². The fraction of sp³-hybridized carbons (Fsp3) is 0.562. The molecule has 1 aliphatic carbocycles. The normalized spacial score (nSPS) is 20.5. The smallest absolute Gasteiger partial charge is 0.317 e. The topological polar surface area (TPSA) is 95.9 Å². The van der Waals surface area contributed by atoms with Gasteiger partial charge in [-0.25, -0.2) is 13.1 Å². The number of carboxylic acid groups (broad SMARTS) is 1. The summed E-state index contributed by atoms with van der Waals surface area (Å²) in [6.45, 7) is 2.75. The second kappa shape index (κ2) is 8.46. The molecule has 140 valence electrons. The molecule has 1 fully saturated rings. The van der Waals surface area contributed by atoms with Gasteiger partial charge in [0.15, 0.2) is 0 Å². The van der Waals surface area contributed by atoms with E-state index in [0.717, 1.165) is 0 Å². The summed E-state index contributed by atoms with van der Waals surface area (Å²) in [7, 11) is -2.16. The number of halogens is 1. The summed E-state index contributed by atoms with van der Waals surface area (Å²) in [6.07, 6.45) is 1.18. The van der Waals surface area contributed by atoms with Gasteiger partial charge in [0.25, 0.3) is 0 Å². The standard InChI is InChI=1S/C16H23ClN2O5S/c1-3-19(9-16(20)21)14-7-13(8-14)18-25(22,23)15-5-11(10-24-2)4-12(17)6-15/h4-6,13-14,18H,3,7-10H2,1-2H3,(H,20,21). The van der Waals surface area contributed by atoms with Crippen LogP contribution < -0.4 is 4.72 Å². The Kier molecular flexibility index (Phi) is 6.81. The van der Waals surface area contributed by atoms with Crippen molar-refractivity contribution in [3.8, 4) is 0 Å². The molecule has 0 heterocycles. The molecular weight excluding hydrogens is 368 g/mol. The fourth-order valence-corrected chi connectivity index (χ4v) is 4.65. The van der Waals surface area contributed by atoms with Gasteiger partial charge in [0.1, 0.15) is 0 Å². The van der Waals surface area contributed by atoms with E-state index in [1.165, 1.54) is 19.2 Å². The number of sulfonamides is 1. The molecule has 25 heavy (non-hydrogen) atoms. The molecule has 0 spiro atoms. The van der Waals surface area contributed by atoms with Gasteiger partial charge < -0.3 is 9.84 Å². The van der Waals surface area contributed by atoms with Crippen LogP contribution in [0.5, 0.6) is 0 Å². The lowest BCUT2D eigenvalue weighted by molar-refractivity contribution is -0.139. The van der Waals surface area contributed by atoms with Crippen molar-refractivity contribution in [2.45, 2.75) is 43.4 Å². The quantitative estimate of drug-likeness (QED) is 0.666. The third-order valence-corrected chi connectivity index (χ3v) is 5.97. The maximum absolute atomic E-state index is 12.5. The van der Waals surface area contributed by atoms with E-state index in [4.69, 9.17) is 21.4 Å². The van der Waals surface area contributed by atoms with E-state index in [2.05, 4.69) is 4.72 Å². The summed E-state index contributed by atoms with van der Waals surface area (Å²) in [5.41, 5.74) is 0.681. The van der Waals surface area contributed by atoms with Crippen molar-refractivity contribution in [3.05, 3.63) is 28.8 Å². The molecule has 0 aliphatic heterocycles. The molecule has 0 amide bonds. The first-order valence-electron chi connectivity index (χ1n) is 8.01. The molecule has 0 unspecified atom stereocenters. The van der Waals surface area contributed by atoms with Crippen LogP contribution in [0.3, 0.4) is 0 Å². The first-order valence-corrected chi connectivity index (χ1v) is 9.87. The summed E-state index contributed by atoms with van der Waals surface area (Å²) >= 11 is 6.00. The van der Waals surface area contributed by atoms with Crippen LogP contribution in [0, 0.1) is 0 Å². The number of nitrogens with one attached hydrogen (secondary N) is 1. The number of carbonyl (C=O) groups is 1. The van der Waals surface area contributed by atoms with Crippen molar-refractivity contribution < 1.29 is 23.1 Å². The average molecular weight is 391 g/mol. The van der Waals surface area contributed by atoms with Crippen LogP contribution in [-0.2, 0) is 26.2 Å². The molecule has 1 aromatic carbocycles. The maximum Gasteiger partial charge on any atom is 0.317 e. The number of rotatable bonds is 9. The van der Waals surface area contributed by atoms with Crippen LogP contribution in [0.15, 0.2) is 23.1 Å². The lowest BCUT2D eigenvalue weighted by atomic mass is 9.86. The van der Waals surface area contributed by atoms with Gasteiger partial charge in [-0.15, -0.1) is 0 Å². The van der Waals surface area contributed by atoms with Gasteiger partial charge in [0.05, 0.1) is 18.0 Å². The predicted molar refractivity (Wildman–Crippen MR) is 94.2 cm³/mol. The third-order valence-electron chi connectivity index (χ3n) is 4.25. The highest BCUT2D eigenvalue weighted by Crippen LogP contribution is 2.28. The Labute approximate surface area is 153 Å². The number of nitrogens with zero attached hydrogens (tertiary/aromatic N) is 1. The van der Waals surface area contributed by atoms with E-state index >= 15 is 0 Å². The minimum absolute atomic E-state index is 0.0324. The number of hydrogen-bond acceptors (Lipinski definition) is 5. The Morgan fingerprint density at radius 1 is 1.40 bits per heavy atom. The van der Waals surface area contributed by atoms with Crippen molar-refractivity contribution >= 4 is 27.6 Å². The van der Waals surface area contributed by atoms with Gasteiger partial charge >= 0.3 is 5.97 Å². The van der Waals surface area contributed by atoms with Crippen LogP contribution in [0.1, 0.15) is 25.3 Å². The molecule has 1 aliphatic rings. The zero-order valence-electron chi connectivity index (χ0n) is 14.2. The van der Waals surface area contributed by atoms with Gasteiger partial charge in [-0.2, -0.15) is 0 Å². The second-order valence-electron chi connectivity index (χ2n) is 6.13. The number of aliphatic carboxylic acids is 1. The van der Waals surface area contributed by atoms with E-state index in [1.807, 2.05) is 11.8 Å². The highest BCUT2D eigenvalue weighted by atomic mass is 35.5. The van der Waals surface area contributed by atoms with Crippen LogP contribution in [0.4, 0.5) is 0 Å². The molecule has 1 saturated carbocycles. The van der Waals surface area contributed by atoms with Gasteiger partial charge in [-0.1, -0.05) is 18.5 Å². The lowest BCUT2D eigenvalue weighted by Crippen LogP contribution is -2.54. The molecule has 7 nitrogen and oxygen atoms in total. The van der Waals surface area contributed by atoms with Crippen LogP contribution in [0.2, 0.25) is 5.02 Å². The van der Waals surface area contributed by atoms with Gasteiger partial charge in [0.2, 0.25) is 10.0 Å². The van der Waals surface area contributed by atoms with E-state index in [-0.39, 0.29) is 30.1 Å². The molecule has 0 bridgehead atoms. The Morgan fingerprint density at radius 2 is 2.08 bits per heavy atom. The number of carboxylic acids is 1. The minimum atomic E-state index is -3.69. The molecule has 2 rings (SSSR count). The molecule has 2 N–H and O–H groups in total.